The van der Waals surface area contributed by atoms with E-state index >= 15 is 0 Å². The SMILES string of the molecule is Cc1nn(CCO)c(C)c1CN[C@@H]1CCc2cc(F)ccc21. The summed E-state index contributed by atoms with van der Waals surface area (Å²) in [7, 11) is 0. The molecule has 2 aromatic rings. The Balaban J connectivity index is 1.72. The number of hydrogen-bond acceptors (Lipinski definition) is 3. The Morgan fingerprint density at radius 3 is 3.00 bits per heavy atom. The van der Waals surface area contributed by atoms with Crippen molar-refractivity contribution in [3.63, 3.8) is 0 Å². The highest BCUT2D eigenvalue weighted by atomic mass is 19.1. The lowest BCUT2D eigenvalue weighted by Crippen LogP contribution is -2.19. The highest BCUT2D eigenvalue weighted by molar-refractivity contribution is 5.35. The Morgan fingerprint density at radius 2 is 2.23 bits per heavy atom. The molecule has 1 aromatic carbocycles. The van der Waals surface area contributed by atoms with Gasteiger partial charge in [-0.3, -0.25) is 4.68 Å². The summed E-state index contributed by atoms with van der Waals surface area (Å²) in [5, 5.41) is 17.1. The fraction of sp³-hybridized carbons (Fsp3) is 0.471. The van der Waals surface area contributed by atoms with E-state index in [-0.39, 0.29) is 18.5 Å². The predicted octanol–water partition coefficient (Wildman–Crippen LogP) is 2.41. The van der Waals surface area contributed by atoms with Gasteiger partial charge >= 0.3 is 0 Å². The van der Waals surface area contributed by atoms with Crippen molar-refractivity contribution in [2.24, 2.45) is 0 Å². The van der Waals surface area contributed by atoms with Crippen LogP contribution in [0.25, 0.3) is 0 Å². The summed E-state index contributed by atoms with van der Waals surface area (Å²) < 4.78 is 15.1. The zero-order valence-corrected chi connectivity index (χ0v) is 13.1. The molecule has 3 rings (SSSR count). The van der Waals surface area contributed by atoms with E-state index in [1.54, 1.807) is 6.07 Å². The van der Waals surface area contributed by atoms with Crippen LogP contribution in [-0.4, -0.2) is 21.5 Å². The molecule has 2 N–H and O–H groups in total. The minimum absolute atomic E-state index is 0.0936. The smallest absolute Gasteiger partial charge is 0.123 e. The maximum atomic E-state index is 13.3. The lowest BCUT2D eigenvalue weighted by Gasteiger charge is -2.14. The molecular formula is C17H22FN3O. The summed E-state index contributed by atoms with van der Waals surface area (Å²) in [6.07, 6.45) is 1.92. The molecule has 1 aliphatic carbocycles. The van der Waals surface area contributed by atoms with Gasteiger partial charge in [0.15, 0.2) is 0 Å². The second kappa shape index (κ2) is 6.18. The predicted molar refractivity (Wildman–Crippen MR) is 83.1 cm³/mol. The third-order valence-electron chi connectivity index (χ3n) is 4.55. The van der Waals surface area contributed by atoms with E-state index < -0.39 is 0 Å². The van der Waals surface area contributed by atoms with Crippen LogP contribution in [0.2, 0.25) is 0 Å². The Hall–Kier alpha value is -1.72. The monoisotopic (exact) mass is 303 g/mol. The molecule has 22 heavy (non-hydrogen) atoms. The summed E-state index contributed by atoms with van der Waals surface area (Å²) in [4.78, 5) is 0. The van der Waals surface area contributed by atoms with Crippen LogP contribution in [0.3, 0.4) is 0 Å². The summed E-state index contributed by atoms with van der Waals surface area (Å²) in [6, 6.07) is 5.35. The number of halogens is 1. The van der Waals surface area contributed by atoms with Crippen LogP contribution in [0.4, 0.5) is 4.39 Å². The third-order valence-corrected chi connectivity index (χ3v) is 4.55. The van der Waals surface area contributed by atoms with Crippen molar-refractivity contribution < 1.29 is 9.50 Å². The van der Waals surface area contributed by atoms with Gasteiger partial charge in [0.1, 0.15) is 5.82 Å². The molecule has 0 radical (unpaired) electrons. The van der Waals surface area contributed by atoms with Crippen LogP contribution < -0.4 is 5.32 Å². The van der Waals surface area contributed by atoms with Crippen LogP contribution in [0.1, 0.15) is 40.5 Å². The van der Waals surface area contributed by atoms with Gasteiger partial charge in [0.25, 0.3) is 0 Å². The number of aryl methyl sites for hydroxylation is 2. The molecule has 1 heterocycles. The molecule has 0 aliphatic heterocycles. The first kappa shape index (κ1) is 15.2. The maximum absolute atomic E-state index is 13.3. The molecule has 0 spiro atoms. The van der Waals surface area contributed by atoms with Crippen molar-refractivity contribution in [3.05, 3.63) is 52.1 Å². The number of nitrogens with zero attached hydrogens (tertiary/aromatic N) is 2. The maximum Gasteiger partial charge on any atom is 0.123 e. The van der Waals surface area contributed by atoms with E-state index in [0.717, 1.165) is 36.3 Å². The van der Waals surface area contributed by atoms with Gasteiger partial charge in [0.2, 0.25) is 0 Å². The second-order valence-corrected chi connectivity index (χ2v) is 5.91. The van der Waals surface area contributed by atoms with E-state index in [4.69, 9.17) is 5.11 Å². The number of aromatic nitrogens is 2. The third kappa shape index (κ3) is 2.78. The Bertz CT molecular complexity index is 681. The topological polar surface area (TPSA) is 50.1 Å². The normalized spacial score (nSPS) is 17.0. The van der Waals surface area contributed by atoms with Gasteiger partial charge in [-0.05, 0) is 49.9 Å². The van der Waals surface area contributed by atoms with E-state index in [9.17, 15) is 4.39 Å². The van der Waals surface area contributed by atoms with Crippen molar-refractivity contribution in [3.8, 4) is 0 Å². The summed E-state index contributed by atoms with van der Waals surface area (Å²) in [5.41, 5.74) is 5.59. The van der Waals surface area contributed by atoms with Crippen LogP contribution in [0.15, 0.2) is 18.2 Å². The highest BCUT2D eigenvalue weighted by Crippen LogP contribution is 2.32. The first-order valence-corrected chi connectivity index (χ1v) is 7.75. The van der Waals surface area contributed by atoms with Gasteiger partial charge < -0.3 is 10.4 Å². The number of rotatable bonds is 5. The molecular weight excluding hydrogens is 281 g/mol. The summed E-state index contributed by atoms with van der Waals surface area (Å²) in [6.45, 7) is 5.39. The first-order valence-electron chi connectivity index (χ1n) is 7.75. The number of fused-ring (bicyclic) bond motifs is 1. The highest BCUT2D eigenvalue weighted by Gasteiger charge is 2.23. The Labute approximate surface area is 130 Å². The Kier molecular flexibility index (Phi) is 4.27. The average Bonchev–Trinajstić information content (AvgIpc) is 2.99. The van der Waals surface area contributed by atoms with E-state index in [2.05, 4.69) is 10.4 Å². The van der Waals surface area contributed by atoms with Crippen molar-refractivity contribution in [2.75, 3.05) is 6.61 Å². The summed E-state index contributed by atoms with van der Waals surface area (Å²) >= 11 is 0. The molecule has 1 aromatic heterocycles. The van der Waals surface area contributed by atoms with E-state index in [1.165, 1.54) is 17.2 Å². The van der Waals surface area contributed by atoms with Crippen LogP contribution in [0.5, 0.6) is 0 Å². The molecule has 4 nitrogen and oxygen atoms in total. The van der Waals surface area contributed by atoms with Gasteiger partial charge in [-0.1, -0.05) is 6.07 Å². The molecule has 0 saturated carbocycles. The van der Waals surface area contributed by atoms with Crippen LogP contribution in [0, 0.1) is 19.7 Å². The lowest BCUT2D eigenvalue weighted by molar-refractivity contribution is 0.267. The molecule has 1 aliphatic rings. The molecule has 0 unspecified atom stereocenters. The minimum Gasteiger partial charge on any atom is -0.394 e. The summed E-state index contributed by atoms with van der Waals surface area (Å²) in [5.74, 6) is -0.156. The quantitative estimate of drug-likeness (QED) is 0.892. The molecule has 0 fully saturated rings. The molecule has 118 valence electrons. The molecule has 0 saturated heterocycles. The fourth-order valence-electron chi connectivity index (χ4n) is 3.33. The number of hydrogen-bond donors (Lipinski definition) is 2. The average molecular weight is 303 g/mol. The second-order valence-electron chi connectivity index (χ2n) is 5.91. The van der Waals surface area contributed by atoms with Crippen molar-refractivity contribution in [1.29, 1.82) is 0 Å². The Morgan fingerprint density at radius 1 is 1.41 bits per heavy atom. The number of aliphatic hydroxyl groups is 1. The van der Waals surface area contributed by atoms with Crippen LogP contribution in [-0.2, 0) is 19.5 Å². The largest absolute Gasteiger partial charge is 0.394 e. The minimum atomic E-state index is -0.156. The van der Waals surface area contributed by atoms with Gasteiger partial charge in [-0.2, -0.15) is 5.10 Å². The molecule has 0 bridgehead atoms. The van der Waals surface area contributed by atoms with Crippen molar-refractivity contribution in [1.82, 2.24) is 15.1 Å². The lowest BCUT2D eigenvalue weighted by atomic mass is 10.1. The van der Waals surface area contributed by atoms with Crippen molar-refractivity contribution >= 4 is 0 Å². The first-order chi connectivity index (χ1) is 10.6. The fourth-order valence-corrected chi connectivity index (χ4v) is 3.33. The molecule has 5 heteroatoms. The number of aliphatic hydroxyl groups excluding tert-OH is 1. The van der Waals surface area contributed by atoms with Gasteiger partial charge in [-0.25, -0.2) is 4.39 Å². The van der Waals surface area contributed by atoms with Crippen molar-refractivity contribution in [2.45, 2.75) is 45.8 Å². The molecule has 1 atom stereocenters. The number of nitrogens with one attached hydrogen (secondary N) is 1. The van der Waals surface area contributed by atoms with Gasteiger partial charge in [0.05, 0.1) is 18.8 Å². The van der Waals surface area contributed by atoms with Crippen LogP contribution >= 0.6 is 0 Å². The molecule has 0 amide bonds. The van der Waals surface area contributed by atoms with E-state index in [0.29, 0.717) is 6.54 Å². The van der Waals surface area contributed by atoms with Gasteiger partial charge in [-0.15, -0.1) is 0 Å². The zero-order chi connectivity index (χ0) is 15.7. The zero-order valence-electron chi connectivity index (χ0n) is 13.1. The number of benzene rings is 1. The van der Waals surface area contributed by atoms with E-state index in [1.807, 2.05) is 24.6 Å². The van der Waals surface area contributed by atoms with Gasteiger partial charge in [0, 0.05) is 23.8 Å². The standard InChI is InChI=1S/C17H22FN3O/c1-11-16(12(2)21(20-11)7-8-22)10-19-17-6-3-13-9-14(18)4-5-15(13)17/h4-5,9,17,19,22H,3,6-8,10H2,1-2H3/t17-/m1/s1.